The highest BCUT2D eigenvalue weighted by molar-refractivity contribution is 6.34. The van der Waals surface area contributed by atoms with Gasteiger partial charge >= 0.3 is 0 Å². The van der Waals surface area contributed by atoms with Crippen LogP contribution in [-0.2, 0) is 0 Å². The smallest absolute Gasteiger partial charge is 0.152 e. The highest BCUT2D eigenvalue weighted by Gasteiger charge is 2.02. The van der Waals surface area contributed by atoms with Crippen LogP contribution in [0.15, 0.2) is 28.7 Å². The van der Waals surface area contributed by atoms with E-state index in [1.807, 2.05) is 58.9 Å². The van der Waals surface area contributed by atoms with E-state index >= 15 is 0 Å². The van der Waals surface area contributed by atoms with Crippen molar-refractivity contribution in [2.75, 3.05) is 0 Å². The average Bonchev–Trinajstić information content (AvgIpc) is 2.66. The second-order valence-corrected chi connectivity index (χ2v) is 2.92. The normalized spacial score (nSPS) is 8.67. The lowest BCUT2D eigenvalue weighted by Gasteiger charge is -1.88. The van der Waals surface area contributed by atoms with Crippen molar-refractivity contribution < 1.29 is 4.42 Å². The van der Waals surface area contributed by atoms with Crippen molar-refractivity contribution in [2.24, 2.45) is 0 Å². The molecule has 2 aromatic rings. The lowest BCUT2D eigenvalue weighted by Crippen LogP contribution is -1.63. The summed E-state index contributed by atoms with van der Waals surface area (Å²) in [6.07, 6.45) is 0. The summed E-state index contributed by atoms with van der Waals surface area (Å²) in [6, 6.07) is 7.70. The molecule has 15 heavy (non-hydrogen) atoms. The van der Waals surface area contributed by atoms with Gasteiger partial charge in [-0.15, -0.1) is 0 Å². The number of benzene rings is 1. The predicted octanol–water partition coefficient (Wildman–Crippen LogP) is 5.45. The van der Waals surface area contributed by atoms with Crippen molar-refractivity contribution in [3.05, 3.63) is 35.0 Å². The molecule has 84 valence electrons. The van der Waals surface area contributed by atoms with Gasteiger partial charge in [0.05, 0.1) is 5.02 Å². The van der Waals surface area contributed by atoms with Gasteiger partial charge < -0.3 is 4.42 Å². The molecule has 1 nitrogen and oxygen atoms in total. The van der Waals surface area contributed by atoms with Crippen LogP contribution in [0.2, 0.25) is 5.02 Å². The Hall–Kier alpha value is -0.950. The molecule has 0 aliphatic heterocycles. The molecule has 1 heterocycles. The summed E-state index contributed by atoms with van der Waals surface area (Å²) in [5, 5.41) is 1.74. The minimum absolute atomic E-state index is 0.676. The second-order valence-electron chi connectivity index (χ2n) is 2.52. The molecule has 0 saturated heterocycles. The third-order valence-electron chi connectivity index (χ3n) is 1.62. The Balaban J connectivity index is 0.000000442. The van der Waals surface area contributed by atoms with E-state index < -0.39 is 0 Å². The molecule has 2 heteroatoms. The summed E-state index contributed by atoms with van der Waals surface area (Å²) in [7, 11) is 0. The lowest BCUT2D eigenvalue weighted by molar-refractivity contribution is 0.578. The molecule has 0 amide bonds. The second kappa shape index (κ2) is 7.36. The van der Waals surface area contributed by atoms with Crippen LogP contribution < -0.4 is 0 Å². The van der Waals surface area contributed by atoms with Crippen LogP contribution in [0.25, 0.3) is 11.0 Å². The molecule has 2 rings (SSSR count). The summed E-state index contributed by atoms with van der Waals surface area (Å²) in [5.74, 6) is 0.896. The summed E-state index contributed by atoms with van der Waals surface area (Å²) in [4.78, 5) is 0. The highest BCUT2D eigenvalue weighted by Crippen LogP contribution is 2.25. The molecular formula is C13H19ClO. The molecule has 0 aliphatic carbocycles. The summed E-state index contributed by atoms with van der Waals surface area (Å²) >= 11 is 5.88. The van der Waals surface area contributed by atoms with Crippen LogP contribution in [0.3, 0.4) is 0 Å². The Kier molecular flexibility index (Phi) is 6.89. The molecule has 0 aliphatic rings. The number of hydrogen-bond acceptors (Lipinski definition) is 1. The van der Waals surface area contributed by atoms with Crippen molar-refractivity contribution in [3.8, 4) is 0 Å². The van der Waals surface area contributed by atoms with Crippen LogP contribution >= 0.6 is 11.6 Å². The molecule has 0 N–H and O–H groups in total. The number of hydrogen-bond donors (Lipinski definition) is 0. The number of furan rings is 1. The molecule has 1 aromatic carbocycles. The molecule has 0 fully saturated rings. The third kappa shape index (κ3) is 3.60. The van der Waals surface area contributed by atoms with Crippen LogP contribution in [-0.4, -0.2) is 0 Å². The van der Waals surface area contributed by atoms with Crippen molar-refractivity contribution in [1.29, 1.82) is 0 Å². The van der Waals surface area contributed by atoms with Gasteiger partial charge in [0.2, 0.25) is 0 Å². The summed E-state index contributed by atoms with van der Waals surface area (Å²) in [6.45, 7) is 9.91. The fourth-order valence-corrected chi connectivity index (χ4v) is 1.38. The first-order valence-electron chi connectivity index (χ1n) is 5.42. The molecule has 0 spiro atoms. The third-order valence-corrected chi connectivity index (χ3v) is 1.92. The fraction of sp³-hybridized carbons (Fsp3) is 0.385. The van der Waals surface area contributed by atoms with Crippen molar-refractivity contribution >= 4 is 22.6 Å². The van der Waals surface area contributed by atoms with Gasteiger partial charge in [-0.05, 0) is 19.1 Å². The van der Waals surface area contributed by atoms with Crippen LogP contribution in [0.5, 0.6) is 0 Å². The van der Waals surface area contributed by atoms with Gasteiger partial charge in [0.15, 0.2) is 5.58 Å². The largest absolute Gasteiger partial charge is 0.460 e. The maximum absolute atomic E-state index is 5.88. The van der Waals surface area contributed by atoms with E-state index in [-0.39, 0.29) is 0 Å². The van der Waals surface area contributed by atoms with Gasteiger partial charge in [0.25, 0.3) is 0 Å². The number of fused-ring (bicyclic) bond motifs is 1. The minimum atomic E-state index is 0.676. The molecule has 1 aromatic heterocycles. The number of aryl methyl sites for hydroxylation is 1. The first-order chi connectivity index (χ1) is 7.27. The average molecular weight is 227 g/mol. The van der Waals surface area contributed by atoms with Crippen LogP contribution in [0.4, 0.5) is 0 Å². The van der Waals surface area contributed by atoms with E-state index in [9.17, 15) is 0 Å². The van der Waals surface area contributed by atoms with Crippen LogP contribution in [0, 0.1) is 6.92 Å². The van der Waals surface area contributed by atoms with Crippen molar-refractivity contribution in [2.45, 2.75) is 34.6 Å². The summed E-state index contributed by atoms with van der Waals surface area (Å²) in [5.41, 5.74) is 0.784. The van der Waals surface area contributed by atoms with E-state index in [2.05, 4.69) is 0 Å². The van der Waals surface area contributed by atoms with Crippen molar-refractivity contribution in [3.63, 3.8) is 0 Å². The molecule has 0 atom stereocenters. The van der Waals surface area contributed by atoms with Gasteiger partial charge in [-0.1, -0.05) is 51.4 Å². The van der Waals surface area contributed by atoms with Gasteiger partial charge in [-0.2, -0.15) is 0 Å². The lowest BCUT2D eigenvalue weighted by atomic mass is 10.2. The van der Waals surface area contributed by atoms with Gasteiger partial charge in [0, 0.05) is 5.39 Å². The zero-order chi connectivity index (χ0) is 11.8. The first kappa shape index (κ1) is 14.1. The molecule has 0 radical (unpaired) electrons. The van der Waals surface area contributed by atoms with E-state index in [4.69, 9.17) is 16.0 Å². The monoisotopic (exact) mass is 226 g/mol. The van der Waals surface area contributed by atoms with Gasteiger partial charge in [0.1, 0.15) is 5.76 Å². The topological polar surface area (TPSA) is 13.1 Å². The Morgan fingerprint density at radius 1 is 1.07 bits per heavy atom. The van der Waals surface area contributed by atoms with Gasteiger partial charge in [-0.25, -0.2) is 0 Å². The van der Waals surface area contributed by atoms with Crippen LogP contribution in [0.1, 0.15) is 33.5 Å². The number of rotatable bonds is 0. The Morgan fingerprint density at radius 2 is 1.67 bits per heavy atom. The van der Waals surface area contributed by atoms with Crippen molar-refractivity contribution in [1.82, 2.24) is 0 Å². The van der Waals surface area contributed by atoms with Gasteiger partial charge in [-0.3, -0.25) is 0 Å². The number of halogens is 1. The Morgan fingerprint density at radius 3 is 2.20 bits per heavy atom. The van der Waals surface area contributed by atoms with E-state index in [1.54, 1.807) is 0 Å². The first-order valence-corrected chi connectivity index (χ1v) is 5.80. The highest BCUT2D eigenvalue weighted by atomic mass is 35.5. The Labute approximate surface area is 97.0 Å². The summed E-state index contributed by atoms with van der Waals surface area (Å²) < 4.78 is 5.37. The molecule has 0 unspecified atom stereocenters. The maximum Gasteiger partial charge on any atom is 0.152 e. The molecular weight excluding hydrogens is 208 g/mol. The number of para-hydroxylation sites is 1. The van der Waals surface area contributed by atoms with E-state index in [0.29, 0.717) is 5.02 Å². The SMILES string of the molecule is CC.CC.Cc1cc2cccc(Cl)c2o1. The standard InChI is InChI=1S/C9H7ClO.2C2H6/c1-6-5-7-3-2-4-8(10)9(7)11-6;2*1-2/h2-5H,1H3;2*1-2H3. The molecule has 0 bridgehead atoms. The Bertz CT molecular complexity index is 390. The zero-order valence-electron chi connectivity index (χ0n) is 10.1. The zero-order valence-corrected chi connectivity index (χ0v) is 10.9. The quantitative estimate of drug-likeness (QED) is 0.583. The molecule has 0 saturated carbocycles. The predicted molar refractivity (Wildman–Crippen MR) is 68.7 cm³/mol. The van der Waals surface area contributed by atoms with E-state index in [0.717, 1.165) is 16.7 Å². The maximum atomic E-state index is 5.88. The minimum Gasteiger partial charge on any atom is -0.460 e. The van der Waals surface area contributed by atoms with E-state index in [1.165, 1.54) is 0 Å². The fourth-order valence-electron chi connectivity index (χ4n) is 1.16.